The Labute approximate surface area is 93.6 Å². The van der Waals surface area contributed by atoms with Crippen LogP contribution in [0.15, 0.2) is 12.5 Å². The fourth-order valence-corrected chi connectivity index (χ4v) is 2.45. The first kappa shape index (κ1) is 10.3. The number of hydrogen-bond donors (Lipinski definition) is 2. The Morgan fingerprint density at radius 2 is 2.31 bits per heavy atom. The molecule has 0 aromatic carbocycles. The summed E-state index contributed by atoms with van der Waals surface area (Å²) in [5, 5.41) is 10.2. The second-order valence-corrected chi connectivity index (χ2v) is 4.33. The van der Waals surface area contributed by atoms with Crippen LogP contribution in [0.4, 0.5) is 0 Å². The third-order valence-electron chi connectivity index (χ3n) is 3.38. The number of nitrogens with two attached hydrogens (primary N) is 1. The zero-order chi connectivity index (χ0) is 11.1. The summed E-state index contributed by atoms with van der Waals surface area (Å²) in [4.78, 5) is 1.97. The fraction of sp³-hybridized carbons (Fsp3) is 0.800. The van der Waals surface area contributed by atoms with Crippen molar-refractivity contribution in [1.29, 1.82) is 0 Å². The maximum Gasteiger partial charge on any atom is 0.180 e. The average Bonchev–Trinajstić information content (AvgIpc) is 2.74. The van der Waals surface area contributed by atoms with Crippen molar-refractivity contribution in [1.82, 2.24) is 4.90 Å². The minimum atomic E-state index is -0.631. The number of rotatable bonds is 1. The first-order chi connectivity index (χ1) is 7.77. The Hall–Kier alpha value is -0.820. The summed E-state index contributed by atoms with van der Waals surface area (Å²) in [6.07, 6.45) is 2.22. The standard InChI is InChI=1S/C10H16N2O4/c11-7-6-5-15-10(16-6)8(9(7)13)12-1-3-14-4-2-12/h1,3,6-10,13H,2,4-5,11H2/t6-,7-,8-,9+,10-/m1/s1. The average molecular weight is 228 g/mol. The molecule has 3 aliphatic rings. The van der Waals surface area contributed by atoms with Gasteiger partial charge in [-0.1, -0.05) is 0 Å². The van der Waals surface area contributed by atoms with Crippen LogP contribution in [0.1, 0.15) is 0 Å². The molecule has 0 aromatic rings. The van der Waals surface area contributed by atoms with E-state index in [0.717, 1.165) is 0 Å². The number of hydrogen-bond acceptors (Lipinski definition) is 6. The third kappa shape index (κ3) is 1.49. The van der Waals surface area contributed by atoms with E-state index in [2.05, 4.69) is 0 Å². The molecular weight excluding hydrogens is 212 g/mol. The van der Waals surface area contributed by atoms with Gasteiger partial charge >= 0.3 is 0 Å². The summed E-state index contributed by atoms with van der Waals surface area (Å²) < 4.78 is 16.2. The van der Waals surface area contributed by atoms with Gasteiger partial charge in [-0.05, 0) is 0 Å². The van der Waals surface area contributed by atoms with Crippen LogP contribution in [0.5, 0.6) is 0 Å². The minimum absolute atomic E-state index is 0.179. The number of fused-ring (bicyclic) bond motifs is 2. The highest BCUT2D eigenvalue weighted by Gasteiger charge is 2.50. The van der Waals surface area contributed by atoms with Gasteiger partial charge in [-0.25, -0.2) is 0 Å². The molecule has 2 saturated heterocycles. The first-order valence-corrected chi connectivity index (χ1v) is 5.52. The van der Waals surface area contributed by atoms with E-state index in [0.29, 0.717) is 19.8 Å². The van der Waals surface area contributed by atoms with Gasteiger partial charge in [0.05, 0.1) is 31.6 Å². The van der Waals surface area contributed by atoms with Gasteiger partial charge in [-0.2, -0.15) is 0 Å². The molecule has 0 saturated carbocycles. The molecule has 0 amide bonds. The highest BCUT2D eigenvalue weighted by Crippen LogP contribution is 2.30. The number of nitrogens with zero attached hydrogens (tertiary/aromatic N) is 1. The molecule has 6 nitrogen and oxygen atoms in total. The van der Waals surface area contributed by atoms with Crippen molar-refractivity contribution in [3.05, 3.63) is 12.5 Å². The molecule has 0 spiro atoms. The highest BCUT2D eigenvalue weighted by molar-refractivity contribution is 5.02. The Morgan fingerprint density at radius 3 is 3.06 bits per heavy atom. The molecular formula is C10H16N2O4. The highest BCUT2D eigenvalue weighted by atomic mass is 16.7. The second-order valence-electron chi connectivity index (χ2n) is 4.33. The molecule has 2 bridgehead atoms. The van der Waals surface area contributed by atoms with Crippen LogP contribution in [-0.2, 0) is 14.2 Å². The van der Waals surface area contributed by atoms with E-state index in [4.69, 9.17) is 19.9 Å². The van der Waals surface area contributed by atoms with E-state index in [1.165, 1.54) is 0 Å². The molecule has 0 aliphatic carbocycles. The lowest BCUT2D eigenvalue weighted by molar-refractivity contribution is -0.173. The molecule has 2 fully saturated rings. The molecule has 3 N–H and O–H groups in total. The summed E-state index contributed by atoms with van der Waals surface area (Å²) >= 11 is 0. The normalized spacial score (nSPS) is 46.9. The molecule has 3 rings (SSSR count). The van der Waals surface area contributed by atoms with Crippen molar-refractivity contribution < 1.29 is 19.3 Å². The number of aliphatic hydroxyl groups excluding tert-OH is 1. The van der Waals surface area contributed by atoms with Crippen molar-refractivity contribution in [3.63, 3.8) is 0 Å². The fourth-order valence-electron chi connectivity index (χ4n) is 2.45. The van der Waals surface area contributed by atoms with Crippen molar-refractivity contribution in [2.75, 3.05) is 19.8 Å². The summed E-state index contributed by atoms with van der Waals surface area (Å²) in [7, 11) is 0. The predicted octanol–water partition coefficient (Wildman–Crippen LogP) is -1.40. The lowest BCUT2D eigenvalue weighted by Crippen LogP contribution is -2.62. The molecule has 16 heavy (non-hydrogen) atoms. The van der Waals surface area contributed by atoms with Crippen LogP contribution >= 0.6 is 0 Å². The van der Waals surface area contributed by atoms with Crippen LogP contribution in [0.2, 0.25) is 0 Å². The summed E-state index contributed by atoms with van der Waals surface area (Å²) in [5.41, 5.74) is 5.92. The molecule has 0 aromatic heterocycles. The van der Waals surface area contributed by atoms with Gasteiger partial charge in [0.15, 0.2) is 6.29 Å². The summed E-state index contributed by atoms with van der Waals surface area (Å²) in [6, 6.07) is -0.631. The van der Waals surface area contributed by atoms with Crippen molar-refractivity contribution in [2.45, 2.75) is 30.6 Å². The molecule has 0 radical (unpaired) electrons. The van der Waals surface area contributed by atoms with Crippen LogP contribution in [0.3, 0.4) is 0 Å². The minimum Gasteiger partial charge on any atom is -0.498 e. The molecule has 3 heterocycles. The van der Waals surface area contributed by atoms with Crippen molar-refractivity contribution in [3.8, 4) is 0 Å². The maximum absolute atomic E-state index is 10.2. The van der Waals surface area contributed by atoms with E-state index in [-0.39, 0.29) is 24.5 Å². The second kappa shape index (κ2) is 3.89. The Balaban J connectivity index is 1.81. The molecule has 5 atom stereocenters. The lowest BCUT2D eigenvalue weighted by Gasteiger charge is -2.42. The van der Waals surface area contributed by atoms with E-state index in [1.807, 2.05) is 4.90 Å². The Kier molecular flexibility index (Phi) is 2.51. The van der Waals surface area contributed by atoms with Crippen LogP contribution in [-0.4, -0.2) is 60.3 Å². The SMILES string of the molecule is N[C@H]1[C@H](O)[C@@H](N2C=COCC2)[C@@H]2OC[C@H]1O2. The molecule has 3 aliphatic heterocycles. The summed E-state index contributed by atoms with van der Waals surface area (Å²) in [6.45, 7) is 1.78. The molecule has 90 valence electrons. The molecule has 6 heteroatoms. The van der Waals surface area contributed by atoms with Crippen molar-refractivity contribution >= 4 is 0 Å². The first-order valence-electron chi connectivity index (χ1n) is 5.52. The van der Waals surface area contributed by atoms with Crippen LogP contribution < -0.4 is 5.73 Å². The number of ether oxygens (including phenoxy) is 3. The van der Waals surface area contributed by atoms with E-state index in [1.54, 1.807) is 12.5 Å². The van der Waals surface area contributed by atoms with Gasteiger partial charge in [0.1, 0.15) is 18.8 Å². The quantitative estimate of drug-likeness (QED) is 0.575. The zero-order valence-corrected chi connectivity index (χ0v) is 8.86. The van der Waals surface area contributed by atoms with Gasteiger partial charge in [0.25, 0.3) is 0 Å². The Bertz CT molecular complexity index is 299. The van der Waals surface area contributed by atoms with Gasteiger partial charge in [0.2, 0.25) is 0 Å². The summed E-state index contributed by atoms with van der Waals surface area (Å²) in [5.74, 6) is 0. The topological polar surface area (TPSA) is 77.2 Å². The predicted molar refractivity (Wildman–Crippen MR) is 54.2 cm³/mol. The Morgan fingerprint density at radius 1 is 1.44 bits per heavy atom. The smallest absolute Gasteiger partial charge is 0.180 e. The monoisotopic (exact) mass is 228 g/mol. The number of aliphatic hydroxyl groups is 1. The zero-order valence-electron chi connectivity index (χ0n) is 8.86. The van der Waals surface area contributed by atoms with Crippen LogP contribution in [0.25, 0.3) is 0 Å². The van der Waals surface area contributed by atoms with E-state index in [9.17, 15) is 5.11 Å². The van der Waals surface area contributed by atoms with E-state index >= 15 is 0 Å². The molecule has 0 unspecified atom stereocenters. The van der Waals surface area contributed by atoms with Gasteiger partial charge in [-0.3, -0.25) is 0 Å². The van der Waals surface area contributed by atoms with Gasteiger partial charge < -0.3 is 30.0 Å². The third-order valence-corrected chi connectivity index (χ3v) is 3.38. The largest absolute Gasteiger partial charge is 0.498 e. The van der Waals surface area contributed by atoms with Crippen LogP contribution in [0, 0.1) is 0 Å². The maximum atomic E-state index is 10.2. The van der Waals surface area contributed by atoms with Gasteiger partial charge in [0, 0.05) is 6.20 Å². The van der Waals surface area contributed by atoms with Crippen molar-refractivity contribution in [2.24, 2.45) is 5.73 Å². The lowest BCUT2D eigenvalue weighted by atomic mass is 9.96. The van der Waals surface area contributed by atoms with E-state index < -0.39 is 6.10 Å². The van der Waals surface area contributed by atoms with Gasteiger partial charge in [-0.15, -0.1) is 0 Å².